The lowest BCUT2D eigenvalue weighted by Gasteiger charge is -2.56. The number of hydrogen-bond donors (Lipinski definition) is 0. The third kappa shape index (κ3) is 5.13. The first-order chi connectivity index (χ1) is 16.2. The third-order valence-corrected chi connectivity index (χ3v) is 9.55. The molecule has 8 nitrogen and oxygen atoms in total. The molecule has 2 aliphatic rings. The van der Waals surface area contributed by atoms with E-state index in [0.717, 1.165) is 10.0 Å². The van der Waals surface area contributed by atoms with Crippen molar-refractivity contribution < 1.29 is 18.1 Å². The number of nitro groups is 1. The zero-order valence-corrected chi connectivity index (χ0v) is 21.6. The van der Waals surface area contributed by atoms with Gasteiger partial charge in [0.2, 0.25) is 10.0 Å². The van der Waals surface area contributed by atoms with Crippen LogP contribution in [0.2, 0.25) is 0 Å². The number of rotatable bonds is 6. The van der Waals surface area contributed by atoms with Crippen LogP contribution in [0.1, 0.15) is 18.4 Å². The molecule has 0 unspecified atom stereocenters. The summed E-state index contributed by atoms with van der Waals surface area (Å²) in [7, 11) is -3.86. The minimum absolute atomic E-state index is 0.0295. The Labute approximate surface area is 211 Å². The standard InChI is InChI=1S/C23H24BrN3O5S2/c1-16(28)33-15-22-23(17-4-6-18(24)7-5-17)21-14-25(12-2-3-13-26(21)22)34(31,32)20-10-8-19(9-11-20)27(29)30/h2-11,21-23H,12-15H2,1H3/b3-2-/t21-,22+,23+/m0/s1. The quantitative estimate of drug-likeness (QED) is 0.296. The highest BCUT2D eigenvalue weighted by Gasteiger charge is 2.50. The highest BCUT2D eigenvalue weighted by atomic mass is 79.9. The molecule has 34 heavy (non-hydrogen) atoms. The van der Waals surface area contributed by atoms with Crippen LogP contribution in [0.4, 0.5) is 5.69 Å². The molecule has 2 aromatic rings. The van der Waals surface area contributed by atoms with Crippen molar-refractivity contribution in [2.75, 3.05) is 25.4 Å². The van der Waals surface area contributed by atoms with Gasteiger partial charge in [0, 0.05) is 66.9 Å². The maximum absolute atomic E-state index is 13.4. The van der Waals surface area contributed by atoms with Crippen LogP contribution in [0.15, 0.2) is 70.1 Å². The van der Waals surface area contributed by atoms with Gasteiger partial charge in [-0.1, -0.05) is 52.0 Å². The number of nitrogens with zero attached hydrogens (tertiary/aromatic N) is 3. The van der Waals surface area contributed by atoms with E-state index < -0.39 is 14.9 Å². The van der Waals surface area contributed by atoms with Crippen LogP contribution in [0.3, 0.4) is 0 Å². The van der Waals surface area contributed by atoms with Crippen molar-refractivity contribution in [3.05, 3.63) is 80.8 Å². The SMILES string of the molecule is CC(=O)SC[C@@H]1[C@H](c2ccc(Br)cc2)[C@@H]2CN(S(=O)(=O)c3ccc([N+](=O)[O-])cc3)C/C=C\CN12. The number of halogens is 1. The molecule has 0 bridgehead atoms. The first-order valence-electron chi connectivity index (χ1n) is 10.7. The van der Waals surface area contributed by atoms with Crippen molar-refractivity contribution in [2.45, 2.75) is 29.8 Å². The molecule has 180 valence electrons. The molecule has 0 spiro atoms. The van der Waals surface area contributed by atoms with Gasteiger partial charge in [-0.3, -0.25) is 19.8 Å². The molecule has 4 rings (SSSR count). The Morgan fingerprint density at radius 2 is 1.76 bits per heavy atom. The first-order valence-corrected chi connectivity index (χ1v) is 13.9. The van der Waals surface area contributed by atoms with Gasteiger partial charge in [-0.05, 0) is 29.8 Å². The molecular weight excluding hydrogens is 542 g/mol. The Morgan fingerprint density at radius 3 is 2.38 bits per heavy atom. The number of sulfonamides is 1. The Morgan fingerprint density at radius 1 is 1.12 bits per heavy atom. The van der Waals surface area contributed by atoms with E-state index in [2.05, 4.69) is 20.8 Å². The van der Waals surface area contributed by atoms with Gasteiger partial charge in [0.1, 0.15) is 0 Å². The van der Waals surface area contributed by atoms with Gasteiger partial charge in [0.05, 0.1) is 9.82 Å². The summed E-state index contributed by atoms with van der Waals surface area (Å²) in [5.74, 6) is 0.705. The van der Waals surface area contributed by atoms with Crippen molar-refractivity contribution in [3.63, 3.8) is 0 Å². The van der Waals surface area contributed by atoms with Crippen molar-refractivity contribution in [1.82, 2.24) is 9.21 Å². The van der Waals surface area contributed by atoms with Gasteiger partial charge in [0.25, 0.3) is 5.69 Å². The number of thioether (sulfide) groups is 1. The molecule has 0 aromatic heterocycles. The van der Waals surface area contributed by atoms with Gasteiger partial charge >= 0.3 is 0 Å². The number of carbonyl (C=O) groups excluding carboxylic acids is 1. The van der Waals surface area contributed by atoms with E-state index in [0.29, 0.717) is 12.3 Å². The number of fused-ring (bicyclic) bond motifs is 1. The van der Waals surface area contributed by atoms with Crippen molar-refractivity contribution in [1.29, 1.82) is 0 Å². The van der Waals surface area contributed by atoms with Crippen molar-refractivity contribution >= 4 is 48.5 Å². The zero-order chi connectivity index (χ0) is 24.5. The molecule has 2 aromatic carbocycles. The fraction of sp³-hybridized carbons (Fsp3) is 0.348. The van der Waals surface area contributed by atoms with E-state index in [1.54, 1.807) is 6.92 Å². The molecule has 0 aliphatic carbocycles. The normalized spacial score (nSPS) is 24.4. The van der Waals surface area contributed by atoms with Crippen LogP contribution in [-0.4, -0.2) is 65.1 Å². The molecule has 0 radical (unpaired) electrons. The maximum Gasteiger partial charge on any atom is 0.269 e. The third-order valence-electron chi connectivity index (χ3n) is 6.26. The molecule has 2 aliphatic heterocycles. The van der Waals surface area contributed by atoms with Crippen LogP contribution in [0.5, 0.6) is 0 Å². The average Bonchev–Trinajstić information content (AvgIpc) is 2.78. The lowest BCUT2D eigenvalue weighted by Crippen LogP contribution is -2.67. The van der Waals surface area contributed by atoms with Crippen LogP contribution in [0, 0.1) is 10.1 Å². The van der Waals surface area contributed by atoms with Gasteiger partial charge in [-0.2, -0.15) is 4.31 Å². The van der Waals surface area contributed by atoms with Gasteiger partial charge in [0.15, 0.2) is 5.12 Å². The van der Waals surface area contributed by atoms with Crippen LogP contribution in [-0.2, 0) is 14.8 Å². The first kappa shape index (κ1) is 25.1. The predicted octanol–water partition coefficient (Wildman–Crippen LogP) is 4.03. The number of non-ortho nitro benzene ring substituents is 1. The minimum atomic E-state index is -3.86. The van der Waals surface area contributed by atoms with Gasteiger partial charge in [-0.25, -0.2) is 8.42 Å². The van der Waals surface area contributed by atoms with E-state index in [1.807, 2.05) is 36.4 Å². The molecule has 2 heterocycles. The summed E-state index contributed by atoms with van der Waals surface area (Å²) in [4.78, 5) is 24.4. The second kappa shape index (κ2) is 10.3. The van der Waals surface area contributed by atoms with Crippen LogP contribution >= 0.6 is 27.7 Å². The summed E-state index contributed by atoms with van der Waals surface area (Å²) in [6.45, 7) is 2.75. The van der Waals surface area contributed by atoms with Crippen LogP contribution in [0.25, 0.3) is 0 Å². The highest BCUT2D eigenvalue weighted by molar-refractivity contribution is 9.10. The summed E-state index contributed by atoms with van der Waals surface area (Å²) in [6.07, 6.45) is 3.80. The topological polar surface area (TPSA) is 101 Å². The van der Waals surface area contributed by atoms with Crippen molar-refractivity contribution in [3.8, 4) is 0 Å². The molecule has 3 atom stereocenters. The molecule has 0 amide bonds. The minimum Gasteiger partial charge on any atom is -0.290 e. The largest absolute Gasteiger partial charge is 0.290 e. The lowest BCUT2D eigenvalue weighted by molar-refractivity contribution is -0.384. The number of hydrogen-bond acceptors (Lipinski definition) is 7. The summed E-state index contributed by atoms with van der Waals surface area (Å²) < 4.78 is 29.3. The number of nitro benzene ring substituents is 1. The van der Waals surface area contributed by atoms with E-state index in [1.165, 1.54) is 40.3 Å². The maximum atomic E-state index is 13.4. The van der Waals surface area contributed by atoms with E-state index >= 15 is 0 Å². The summed E-state index contributed by atoms with van der Waals surface area (Å²) in [6, 6.07) is 13.1. The molecule has 0 N–H and O–H groups in total. The number of benzene rings is 2. The molecule has 0 saturated carbocycles. The van der Waals surface area contributed by atoms with Crippen LogP contribution < -0.4 is 0 Å². The molecular formula is C23H24BrN3O5S2. The average molecular weight is 566 g/mol. The monoisotopic (exact) mass is 565 g/mol. The second-order valence-corrected chi connectivity index (χ2v) is 12.3. The fourth-order valence-corrected chi connectivity index (χ4v) is 7.07. The fourth-order valence-electron chi connectivity index (χ4n) is 4.59. The smallest absolute Gasteiger partial charge is 0.269 e. The Hall–Kier alpha value is -2.05. The number of carbonyl (C=O) groups is 1. The molecule has 1 saturated heterocycles. The van der Waals surface area contributed by atoms with Gasteiger partial charge in [-0.15, -0.1) is 0 Å². The predicted molar refractivity (Wildman–Crippen MR) is 135 cm³/mol. The Balaban J connectivity index is 1.64. The Kier molecular flexibility index (Phi) is 7.58. The summed E-state index contributed by atoms with van der Waals surface area (Å²) >= 11 is 4.76. The summed E-state index contributed by atoms with van der Waals surface area (Å²) in [5.41, 5.74) is 0.952. The van der Waals surface area contributed by atoms with Gasteiger partial charge < -0.3 is 0 Å². The second-order valence-electron chi connectivity index (χ2n) is 8.26. The van der Waals surface area contributed by atoms with Crippen molar-refractivity contribution in [2.24, 2.45) is 0 Å². The lowest BCUT2D eigenvalue weighted by atomic mass is 9.75. The zero-order valence-electron chi connectivity index (χ0n) is 18.4. The highest BCUT2D eigenvalue weighted by Crippen LogP contribution is 2.43. The van der Waals surface area contributed by atoms with E-state index in [-0.39, 0.29) is 46.8 Å². The molecule has 1 fully saturated rings. The van der Waals surface area contributed by atoms with E-state index in [9.17, 15) is 23.3 Å². The molecule has 11 heteroatoms. The van der Waals surface area contributed by atoms with E-state index in [4.69, 9.17) is 0 Å². The Bertz CT molecular complexity index is 1200. The summed E-state index contributed by atoms with van der Waals surface area (Å²) in [5, 5.41) is 11.0.